The van der Waals surface area contributed by atoms with Gasteiger partial charge in [-0.05, 0) is 19.1 Å². The van der Waals surface area contributed by atoms with Gasteiger partial charge in [0.15, 0.2) is 6.29 Å². The topological polar surface area (TPSA) is 67.2 Å². The lowest BCUT2D eigenvalue weighted by molar-refractivity contribution is 0.0520. The summed E-state index contributed by atoms with van der Waals surface area (Å²) in [6, 6.07) is 3.72. The smallest absolute Gasteiger partial charge is 0.342 e. The summed E-state index contributed by atoms with van der Waals surface area (Å²) in [6.07, 6.45) is 0.390. The van der Waals surface area contributed by atoms with Crippen molar-refractivity contribution in [1.29, 1.82) is 5.26 Å². The lowest BCUT2D eigenvalue weighted by Gasteiger charge is -2.06. The zero-order chi connectivity index (χ0) is 12.1. The lowest BCUT2D eigenvalue weighted by atomic mass is 10.0. The van der Waals surface area contributed by atoms with Crippen LogP contribution >= 0.6 is 0 Å². The monoisotopic (exact) mass is 221 g/mol. The summed E-state index contributed by atoms with van der Waals surface area (Å²) in [5.74, 6) is -1.82. The van der Waals surface area contributed by atoms with Gasteiger partial charge in [0.25, 0.3) is 0 Å². The van der Waals surface area contributed by atoms with Crippen molar-refractivity contribution in [2.75, 3.05) is 6.61 Å². The maximum absolute atomic E-state index is 13.4. The first-order valence-corrected chi connectivity index (χ1v) is 4.50. The number of nitriles is 1. The zero-order valence-electron chi connectivity index (χ0n) is 8.49. The third kappa shape index (κ3) is 2.06. The van der Waals surface area contributed by atoms with E-state index in [2.05, 4.69) is 4.74 Å². The van der Waals surface area contributed by atoms with E-state index >= 15 is 0 Å². The van der Waals surface area contributed by atoms with E-state index in [4.69, 9.17) is 5.26 Å². The Morgan fingerprint density at radius 2 is 2.31 bits per heavy atom. The van der Waals surface area contributed by atoms with Crippen LogP contribution in [0.3, 0.4) is 0 Å². The molecule has 0 amide bonds. The van der Waals surface area contributed by atoms with Crippen molar-refractivity contribution in [2.45, 2.75) is 6.92 Å². The third-order valence-corrected chi connectivity index (χ3v) is 1.91. The van der Waals surface area contributed by atoms with Crippen LogP contribution in [0.25, 0.3) is 0 Å². The molecule has 0 aromatic heterocycles. The fourth-order valence-corrected chi connectivity index (χ4v) is 1.21. The van der Waals surface area contributed by atoms with E-state index in [-0.39, 0.29) is 17.7 Å². The molecule has 0 N–H and O–H groups in total. The van der Waals surface area contributed by atoms with Crippen LogP contribution in [0.4, 0.5) is 4.39 Å². The van der Waals surface area contributed by atoms with Gasteiger partial charge in [-0.1, -0.05) is 0 Å². The summed E-state index contributed by atoms with van der Waals surface area (Å²) in [4.78, 5) is 22.0. The number of benzene rings is 1. The van der Waals surface area contributed by atoms with Gasteiger partial charge in [0, 0.05) is 5.56 Å². The van der Waals surface area contributed by atoms with Crippen molar-refractivity contribution in [1.82, 2.24) is 0 Å². The Balaban J connectivity index is 3.41. The van der Waals surface area contributed by atoms with Crippen molar-refractivity contribution in [3.63, 3.8) is 0 Å². The van der Waals surface area contributed by atoms with Crippen molar-refractivity contribution in [2.24, 2.45) is 0 Å². The first-order chi connectivity index (χ1) is 7.65. The standard InChI is InChI=1S/C11H8FNO3/c1-2-16-11(15)10-8(5-13)7(6-14)3-4-9(10)12/h3-4,6H,2H2,1H3. The molecule has 0 fully saturated rings. The molecule has 1 aromatic rings. The van der Waals surface area contributed by atoms with Gasteiger partial charge in [0.2, 0.25) is 0 Å². The first-order valence-electron chi connectivity index (χ1n) is 4.50. The van der Waals surface area contributed by atoms with Crippen LogP contribution in [0.5, 0.6) is 0 Å². The summed E-state index contributed by atoms with van der Waals surface area (Å²) in [7, 11) is 0. The lowest BCUT2D eigenvalue weighted by Crippen LogP contribution is -2.11. The first kappa shape index (κ1) is 11.9. The summed E-state index contributed by atoms with van der Waals surface area (Å²) in [5.41, 5.74) is -0.825. The molecule has 0 spiro atoms. The Morgan fingerprint density at radius 1 is 1.62 bits per heavy atom. The predicted molar refractivity (Wildman–Crippen MR) is 52.5 cm³/mol. The molecule has 0 radical (unpaired) electrons. The molecule has 82 valence electrons. The average Bonchev–Trinajstić information content (AvgIpc) is 2.28. The molecule has 16 heavy (non-hydrogen) atoms. The number of hydrogen-bond donors (Lipinski definition) is 0. The fraction of sp³-hybridized carbons (Fsp3) is 0.182. The second kappa shape index (κ2) is 5.03. The van der Waals surface area contributed by atoms with E-state index in [9.17, 15) is 14.0 Å². The quantitative estimate of drug-likeness (QED) is 0.575. The van der Waals surface area contributed by atoms with Crippen LogP contribution in [0.2, 0.25) is 0 Å². The van der Waals surface area contributed by atoms with E-state index in [0.717, 1.165) is 12.1 Å². The minimum absolute atomic E-state index is 0.0352. The molecular formula is C11H8FNO3. The van der Waals surface area contributed by atoms with Crippen LogP contribution in [0.15, 0.2) is 12.1 Å². The van der Waals surface area contributed by atoms with Crippen LogP contribution in [-0.2, 0) is 4.74 Å². The maximum Gasteiger partial charge on any atom is 0.342 e. The van der Waals surface area contributed by atoms with Crippen LogP contribution in [0, 0.1) is 17.1 Å². The largest absolute Gasteiger partial charge is 0.462 e. The van der Waals surface area contributed by atoms with E-state index in [1.165, 1.54) is 0 Å². The number of halogens is 1. The summed E-state index contributed by atoms with van der Waals surface area (Å²) >= 11 is 0. The second-order valence-corrected chi connectivity index (χ2v) is 2.84. The molecule has 0 atom stereocenters. The van der Waals surface area contributed by atoms with Crippen molar-refractivity contribution < 1.29 is 18.7 Å². The van der Waals surface area contributed by atoms with Gasteiger partial charge < -0.3 is 4.74 Å². The number of esters is 1. The Morgan fingerprint density at radius 3 is 2.81 bits per heavy atom. The molecule has 1 rings (SSSR count). The van der Waals surface area contributed by atoms with E-state index < -0.39 is 17.3 Å². The summed E-state index contributed by atoms with van der Waals surface area (Å²) in [6.45, 7) is 1.62. The highest BCUT2D eigenvalue weighted by Gasteiger charge is 2.20. The number of carbonyl (C=O) groups is 2. The maximum atomic E-state index is 13.4. The van der Waals surface area contributed by atoms with Crippen molar-refractivity contribution in [3.05, 3.63) is 34.6 Å². The number of aldehydes is 1. The molecule has 1 aromatic carbocycles. The predicted octanol–water partition coefficient (Wildman–Crippen LogP) is 1.69. The van der Waals surface area contributed by atoms with Gasteiger partial charge >= 0.3 is 5.97 Å². The number of nitrogens with zero attached hydrogens (tertiary/aromatic N) is 1. The molecular weight excluding hydrogens is 213 g/mol. The van der Waals surface area contributed by atoms with Crippen LogP contribution in [-0.4, -0.2) is 18.9 Å². The molecule has 5 heteroatoms. The molecule has 4 nitrogen and oxygen atoms in total. The average molecular weight is 221 g/mol. The highest BCUT2D eigenvalue weighted by molar-refractivity contribution is 5.96. The molecule has 0 saturated heterocycles. The Kier molecular flexibility index (Phi) is 3.72. The highest BCUT2D eigenvalue weighted by atomic mass is 19.1. The van der Waals surface area contributed by atoms with Gasteiger partial charge in [-0.25, -0.2) is 9.18 Å². The molecule has 0 heterocycles. The van der Waals surface area contributed by atoms with E-state index in [1.54, 1.807) is 13.0 Å². The normalized spacial score (nSPS) is 9.31. The van der Waals surface area contributed by atoms with E-state index in [0.29, 0.717) is 6.29 Å². The molecule has 0 aliphatic rings. The molecule has 0 unspecified atom stereocenters. The molecule has 0 bridgehead atoms. The van der Waals surface area contributed by atoms with Gasteiger partial charge in [0.05, 0.1) is 12.2 Å². The summed E-state index contributed by atoms with van der Waals surface area (Å²) in [5, 5.41) is 8.79. The fourth-order valence-electron chi connectivity index (χ4n) is 1.21. The Labute approximate surface area is 91.3 Å². The molecule has 0 saturated carbocycles. The second-order valence-electron chi connectivity index (χ2n) is 2.84. The third-order valence-electron chi connectivity index (χ3n) is 1.91. The Hall–Kier alpha value is -2.22. The van der Waals surface area contributed by atoms with Crippen molar-refractivity contribution >= 4 is 12.3 Å². The SMILES string of the molecule is CCOC(=O)c1c(F)ccc(C=O)c1C#N. The number of hydrogen-bond acceptors (Lipinski definition) is 4. The molecule has 0 aliphatic heterocycles. The van der Waals surface area contributed by atoms with Crippen LogP contribution in [0.1, 0.15) is 33.2 Å². The van der Waals surface area contributed by atoms with Gasteiger partial charge in [-0.15, -0.1) is 0 Å². The van der Waals surface area contributed by atoms with E-state index in [1.807, 2.05) is 0 Å². The van der Waals surface area contributed by atoms with Gasteiger partial charge in [-0.2, -0.15) is 5.26 Å². The van der Waals surface area contributed by atoms with Crippen LogP contribution < -0.4 is 0 Å². The zero-order valence-corrected chi connectivity index (χ0v) is 8.49. The van der Waals surface area contributed by atoms with Gasteiger partial charge in [0.1, 0.15) is 17.4 Å². The number of rotatable bonds is 3. The minimum Gasteiger partial charge on any atom is -0.462 e. The minimum atomic E-state index is -0.944. The number of carbonyl (C=O) groups excluding carboxylic acids is 2. The van der Waals surface area contributed by atoms with Crippen molar-refractivity contribution in [3.8, 4) is 6.07 Å². The van der Waals surface area contributed by atoms with Gasteiger partial charge in [-0.3, -0.25) is 4.79 Å². The number of ether oxygens (including phenoxy) is 1. The summed E-state index contributed by atoms with van der Waals surface area (Å²) < 4.78 is 18.0. The molecule has 0 aliphatic carbocycles. The highest BCUT2D eigenvalue weighted by Crippen LogP contribution is 2.17. The Bertz CT molecular complexity index is 477.